The van der Waals surface area contributed by atoms with Crippen LogP contribution in [-0.2, 0) is 21.4 Å². The zero-order valence-electron chi connectivity index (χ0n) is 16.6. The van der Waals surface area contributed by atoms with E-state index in [1.165, 1.54) is 48.7 Å². The van der Waals surface area contributed by atoms with Gasteiger partial charge in [-0.05, 0) is 48.0 Å². The van der Waals surface area contributed by atoms with Gasteiger partial charge in [-0.3, -0.25) is 4.79 Å². The molecule has 3 aromatic carbocycles. The van der Waals surface area contributed by atoms with E-state index in [1.54, 1.807) is 18.2 Å². The van der Waals surface area contributed by atoms with Crippen molar-refractivity contribution < 1.29 is 17.6 Å². The summed E-state index contributed by atoms with van der Waals surface area (Å²) in [5, 5.41) is 4.23. The summed E-state index contributed by atoms with van der Waals surface area (Å²) in [7, 11) is -4.12. The lowest BCUT2D eigenvalue weighted by Gasteiger charge is -2.21. The van der Waals surface area contributed by atoms with Crippen LogP contribution in [0.3, 0.4) is 0 Å². The van der Waals surface area contributed by atoms with Crippen LogP contribution in [0, 0.1) is 5.82 Å². The van der Waals surface area contributed by atoms with Crippen molar-refractivity contribution >= 4 is 49.7 Å². The van der Waals surface area contributed by atoms with Crippen molar-refractivity contribution in [2.45, 2.75) is 11.4 Å². The zero-order chi connectivity index (χ0) is 23.1. The SMILES string of the molecule is O=C(CN(Cc1ccccc1F)S(=O)(=O)c1ccc(Cl)cc1)N/N=C\c1cccc(Br)c1. The van der Waals surface area contributed by atoms with Gasteiger partial charge in [-0.2, -0.15) is 9.41 Å². The fourth-order valence-electron chi connectivity index (χ4n) is 2.76. The van der Waals surface area contributed by atoms with Crippen LogP contribution in [0.5, 0.6) is 0 Å². The number of sulfonamides is 1. The van der Waals surface area contributed by atoms with E-state index in [9.17, 15) is 17.6 Å². The number of hydrogen-bond donors (Lipinski definition) is 1. The third kappa shape index (κ3) is 6.46. The van der Waals surface area contributed by atoms with Crippen LogP contribution in [0.2, 0.25) is 5.02 Å². The lowest BCUT2D eigenvalue weighted by atomic mass is 10.2. The molecule has 0 saturated carbocycles. The van der Waals surface area contributed by atoms with Gasteiger partial charge < -0.3 is 0 Å². The van der Waals surface area contributed by atoms with Gasteiger partial charge in [0.05, 0.1) is 17.7 Å². The summed E-state index contributed by atoms with van der Waals surface area (Å²) in [6.07, 6.45) is 1.43. The zero-order valence-corrected chi connectivity index (χ0v) is 19.7. The number of nitrogens with one attached hydrogen (secondary N) is 1. The molecule has 0 unspecified atom stereocenters. The Balaban J connectivity index is 1.81. The Morgan fingerprint density at radius 2 is 1.81 bits per heavy atom. The molecule has 6 nitrogen and oxygen atoms in total. The van der Waals surface area contributed by atoms with Crippen LogP contribution in [-0.4, -0.2) is 31.4 Å². The van der Waals surface area contributed by atoms with Gasteiger partial charge >= 0.3 is 0 Å². The first-order valence-corrected chi connectivity index (χ1v) is 11.9. The maximum atomic E-state index is 14.2. The molecule has 1 N–H and O–H groups in total. The Bertz CT molecular complexity index is 1240. The quantitative estimate of drug-likeness (QED) is 0.337. The van der Waals surface area contributed by atoms with Crippen LogP contribution in [0.4, 0.5) is 4.39 Å². The van der Waals surface area contributed by atoms with Crippen LogP contribution in [0.25, 0.3) is 0 Å². The minimum absolute atomic E-state index is 0.0660. The van der Waals surface area contributed by atoms with Gasteiger partial charge in [-0.15, -0.1) is 0 Å². The fraction of sp³-hybridized carbons (Fsp3) is 0.0909. The van der Waals surface area contributed by atoms with Gasteiger partial charge in [0.15, 0.2) is 0 Å². The first-order chi connectivity index (χ1) is 15.3. The van der Waals surface area contributed by atoms with Crippen LogP contribution >= 0.6 is 27.5 Å². The van der Waals surface area contributed by atoms with Gasteiger partial charge in [-0.25, -0.2) is 18.2 Å². The monoisotopic (exact) mass is 537 g/mol. The van der Waals surface area contributed by atoms with E-state index in [2.05, 4.69) is 26.5 Å². The first kappa shape index (κ1) is 24.1. The number of nitrogens with zero attached hydrogens (tertiary/aromatic N) is 2. The molecule has 3 rings (SSSR count). The number of rotatable bonds is 8. The van der Waals surface area contributed by atoms with Crippen molar-refractivity contribution in [2.75, 3.05) is 6.54 Å². The van der Waals surface area contributed by atoms with E-state index in [4.69, 9.17) is 11.6 Å². The van der Waals surface area contributed by atoms with Crippen LogP contribution in [0.15, 0.2) is 87.3 Å². The van der Waals surface area contributed by atoms with Gasteiger partial charge in [0, 0.05) is 21.6 Å². The molecule has 0 aliphatic rings. The highest BCUT2D eigenvalue weighted by Gasteiger charge is 2.27. The van der Waals surface area contributed by atoms with Gasteiger partial charge in [0.2, 0.25) is 10.0 Å². The second-order valence-electron chi connectivity index (χ2n) is 6.67. The molecular weight excluding hydrogens is 521 g/mol. The van der Waals surface area contributed by atoms with Crippen molar-refractivity contribution in [3.8, 4) is 0 Å². The number of halogens is 3. The minimum atomic E-state index is -4.12. The van der Waals surface area contributed by atoms with E-state index in [1.807, 2.05) is 12.1 Å². The second kappa shape index (κ2) is 10.8. The van der Waals surface area contributed by atoms with Crippen LogP contribution < -0.4 is 5.43 Å². The molecule has 0 fully saturated rings. The maximum absolute atomic E-state index is 14.2. The summed E-state index contributed by atoms with van der Waals surface area (Å²) in [6, 6.07) is 18.5. The summed E-state index contributed by atoms with van der Waals surface area (Å²) in [6.45, 7) is -0.893. The third-order valence-corrected chi connectivity index (χ3v) is 6.88. The molecule has 0 radical (unpaired) electrons. The van der Waals surface area contributed by atoms with Gasteiger partial charge in [0.25, 0.3) is 5.91 Å². The number of carbonyl (C=O) groups excluding carboxylic acids is 1. The molecule has 0 heterocycles. The molecule has 0 aliphatic carbocycles. The third-order valence-electron chi connectivity index (χ3n) is 4.33. The Morgan fingerprint density at radius 1 is 1.09 bits per heavy atom. The Hall–Kier alpha value is -2.59. The lowest BCUT2D eigenvalue weighted by molar-refractivity contribution is -0.121. The molecule has 0 saturated heterocycles. The number of amides is 1. The van der Waals surface area contributed by atoms with Crippen molar-refractivity contribution in [1.29, 1.82) is 0 Å². The normalized spacial score (nSPS) is 11.8. The summed E-state index contributed by atoms with van der Waals surface area (Å²) < 4.78 is 42.2. The summed E-state index contributed by atoms with van der Waals surface area (Å²) in [4.78, 5) is 12.4. The highest BCUT2D eigenvalue weighted by Crippen LogP contribution is 2.21. The molecule has 10 heteroatoms. The summed E-state index contributed by atoms with van der Waals surface area (Å²) >= 11 is 9.19. The molecule has 0 atom stereocenters. The van der Waals surface area contributed by atoms with Crippen molar-refractivity contribution in [3.63, 3.8) is 0 Å². The topological polar surface area (TPSA) is 78.8 Å². The van der Waals surface area contributed by atoms with E-state index in [0.717, 1.165) is 14.3 Å². The van der Waals surface area contributed by atoms with E-state index in [-0.39, 0.29) is 17.0 Å². The molecule has 0 aromatic heterocycles. The molecule has 0 bridgehead atoms. The summed E-state index contributed by atoms with van der Waals surface area (Å²) in [5.41, 5.74) is 3.18. The Labute approximate surface area is 198 Å². The maximum Gasteiger partial charge on any atom is 0.255 e. The number of hydrogen-bond acceptors (Lipinski definition) is 4. The highest BCUT2D eigenvalue weighted by atomic mass is 79.9. The molecular formula is C22H18BrClFN3O3S. The average molecular weight is 539 g/mol. The first-order valence-electron chi connectivity index (χ1n) is 9.32. The summed E-state index contributed by atoms with van der Waals surface area (Å²) in [5.74, 6) is -1.25. The largest absolute Gasteiger partial charge is 0.272 e. The van der Waals surface area contributed by atoms with Gasteiger partial charge in [0.1, 0.15) is 5.82 Å². The number of benzene rings is 3. The van der Waals surface area contributed by atoms with Crippen LogP contribution in [0.1, 0.15) is 11.1 Å². The number of hydrazone groups is 1. The predicted molar refractivity (Wildman–Crippen MR) is 125 cm³/mol. The van der Waals surface area contributed by atoms with Crippen molar-refractivity contribution in [2.24, 2.45) is 5.10 Å². The van der Waals surface area contributed by atoms with Crippen molar-refractivity contribution in [1.82, 2.24) is 9.73 Å². The molecule has 32 heavy (non-hydrogen) atoms. The standard InChI is InChI=1S/C22H18BrClFN3O3S/c23-18-6-3-4-16(12-18)13-26-27-22(29)15-28(14-17-5-1-2-7-21(17)25)32(30,31)20-10-8-19(24)9-11-20/h1-13H,14-15H2,(H,27,29)/b26-13-. The predicted octanol–water partition coefficient (Wildman–Crippen LogP) is 4.58. The fourth-order valence-corrected chi connectivity index (χ4v) is 4.68. The highest BCUT2D eigenvalue weighted by molar-refractivity contribution is 9.10. The minimum Gasteiger partial charge on any atom is -0.272 e. The average Bonchev–Trinajstić information content (AvgIpc) is 2.75. The van der Waals surface area contributed by atoms with E-state index >= 15 is 0 Å². The molecule has 166 valence electrons. The van der Waals surface area contributed by atoms with E-state index < -0.39 is 28.3 Å². The molecule has 3 aromatic rings. The second-order valence-corrected chi connectivity index (χ2v) is 9.96. The smallest absolute Gasteiger partial charge is 0.255 e. The molecule has 1 amide bonds. The Morgan fingerprint density at radius 3 is 2.50 bits per heavy atom. The van der Waals surface area contributed by atoms with Gasteiger partial charge in [-0.1, -0.05) is 57.9 Å². The lowest BCUT2D eigenvalue weighted by Crippen LogP contribution is -2.39. The molecule has 0 spiro atoms. The molecule has 0 aliphatic heterocycles. The van der Waals surface area contributed by atoms with Crippen molar-refractivity contribution in [3.05, 3.63) is 99.2 Å². The Kier molecular flexibility index (Phi) is 8.14. The van der Waals surface area contributed by atoms with E-state index in [0.29, 0.717) is 5.02 Å². The number of carbonyl (C=O) groups is 1.